The second-order valence-corrected chi connectivity index (χ2v) is 4.83. The third-order valence-corrected chi connectivity index (χ3v) is 2.40. The predicted molar refractivity (Wildman–Crippen MR) is 67.4 cm³/mol. The summed E-state index contributed by atoms with van der Waals surface area (Å²) in [6.07, 6.45) is 0. The van der Waals surface area contributed by atoms with Crippen molar-refractivity contribution < 1.29 is 4.92 Å². The van der Waals surface area contributed by atoms with Gasteiger partial charge in [0.05, 0.1) is 4.92 Å². The molecule has 0 fully saturated rings. The van der Waals surface area contributed by atoms with Crippen molar-refractivity contribution in [1.29, 1.82) is 0 Å². The zero-order chi connectivity index (χ0) is 11.4. The van der Waals surface area contributed by atoms with Crippen molar-refractivity contribution in [3.05, 3.63) is 43.8 Å². The van der Waals surface area contributed by atoms with Crippen LogP contribution in [0.25, 0.3) is 0 Å². The van der Waals surface area contributed by atoms with Gasteiger partial charge in [0.15, 0.2) is 0 Å². The molecule has 0 spiro atoms. The number of nitrogens with zero attached hydrogens (tertiary/aromatic N) is 1. The molecule has 6 heteroatoms. The molecule has 1 N–H and O–H groups in total. The van der Waals surface area contributed by atoms with Gasteiger partial charge in [0.1, 0.15) is 5.69 Å². The summed E-state index contributed by atoms with van der Waals surface area (Å²) in [6.45, 7) is 4.08. The summed E-state index contributed by atoms with van der Waals surface area (Å²) in [5.41, 5.74) is 0.516. The zero-order valence-corrected chi connectivity index (χ0v) is 10.8. The average molecular weight is 336 g/mol. The summed E-state index contributed by atoms with van der Waals surface area (Å²) in [5.74, 6) is 0. The minimum absolute atomic E-state index is 0.0481. The van der Waals surface area contributed by atoms with E-state index in [0.717, 1.165) is 8.96 Å². The average Bonchev–Trinajstić information content (AvgIpc) is 2.14. The molecule has 15 heavy (non-hydrogen) atoms. The number of halogens is 2. The maximum atomic E-state index is 10.7. The molecule has 1 rings (SSSR count). The zero-order valence-electron chi connectivity index (χ0n) is 7.67. The van der Waals surface area contributed by atoms with Crippen LogP contribution in [0.5, 0.6) is 0 Å². The van der Waals surface area contributed by atoms with Crippen LogP contribution in [0.3, 0.4) is 0 Å². The van der Waals surface area contributed by atoms with Crippen LogP contribution in [0, 0.1) is 10.1 Å². The van der Waals surface area contributed by atoms with E-state index in [0.29, 0.717) is 12.2 Å². The molecule has 0 radical (unpaired) electrons. The molecular formula is C9H8Br2N2O2. The molecule has 0 aromatic heterocycles. The van der Waals surface area contributed by atoms with E-state index in [1.54, 1.807) is 12.1 Å². The number of rotatable bonds is 4. The Bertz CT molecular complexity index is 407. The lowest BCUT2D eigenvalue weighted by Gasteiger charge is -2.06. The Morgan fingerprint density at radius 2 is 2.27 bits per heavy atom. The van der Waals surface area contributed by atoms with E-state index >= 15 is 0 Å². The molecule has 0 bridgehead atoms. The lowest BCUT2D eigenvalue weighted by atomic mass is 10.2. The fourth-order valence-corrected chi connectivity index (χ4v) is 1.50. The van der Waals surface area contributed by atoms with Gasteiger partial charge in [-0.15, -0.1) is 0 Å². The second kappa shape index (κ2) is 5.27. The van der Waals surface area contributed by atoms with Crippen molar-refractivity contribution in [2.24, 2.45) is 0 Å². The lowest BCUT2D eigenvalue weighted by Crippen LogP contribution is -2.03. The Morgan fingerprint density at radius 3 is 2.80 bits per heavy atom. The predicted octanol–water partition coefficient (Wildman–Crippen LogP) is 3.68. The number of benzene rings is 1. The van der Waals surface area contributed by atoms with Gasteiger partial charge in [0, 0.05) is 21.6 Å². The van der Waals surface area contributed by atoms with E-state index in [1.165, 1.54) is 6.07 Å². The van der Waals surface area contributed by atoms with Crippen LogP contribution in [0.15, 0.2) is 33.7 Å². The molecule has 0 unspecified atom stereocenters. The van der Waals surface area contributed by atoms with Crippen molar-refractivity contribution in [3.63, 3.8) is 0 Å². The molecule has 0 aliphatic heterocycles. The summed E-state index contributed by atoms with van der Waals surface area (Å²) in [4.78, 5) is 10.3. The maximum absolute atomic E-state index is 10.7. The van der Waals surface area contributed by atoms with Crippen LogP contribution in [0.1, 0.15) is 0 Å². The van der Waals surface area contributed by atoms with Gasteiger partial charge in [-0.05, 0) is 12.1 Å². The Hall–Kier alpha value is -0.880. The van der Waals surface area contributed by atoms with Gasteiger partial charge in [-0.1, -0.05) is 38.4 Å². The molecule has 0 heterocycles. The first-order valence-corrected chi connectivity index (χ1v) is 5.60. The summed E-state index contributed by atoms with van der Waals surface area (Å²) in [7, 11) is 0. The third-order valence-electron chi connectivity index (χ3n) is 1.63. The molecule has 0 saturated heterocycles. The normalized spacial score (nSPS) is 9.73. The fourth-order valence-electron chi connectivity index (χ4n) is 1.00. The highest BCUT2D eigenvalue weighted by molar-refractivity contribution is 9.11. The molecule has 1 aromatic carbocycles. The highest BCUT2D eigenvalue weighted by atomic mass is 79.9. The van der Waals surface area contributed by atoms with Gasteiger partial charge in [0.2, 0.25) is 0 Å². The largest absolute Gasteiger partial charge is 0.375 e. The van der Waals surface area contributed by atoms with Gasteiger partial charge in [-0.2, -0.15) is 0 Å². The molecule has 0 amide bonds. The molecule has 4 nitrogen and oxygen atoms in total. The first-order valence-electron chi connectivity index (χ1n) is 4.02. The topological polar surface area (TPSA) is 55.2 Å². The first kappa shape index (κ1) is 12.2. The Balaban J connectivity index is 2.96. The molecule has 0 saturated carbocycles. The van der Waals surface area contributed by atoms with Crippen LogP contribution in [-0.2, 0) is 0 Å². The van der Waals surface area contributed by atoms with E-state index < -0.39 is 4.92 Å². The van der Waals surface area contributed by atoms with Gasteiger partial charge in [-0.25, -0.2) is 0 Å². The molecule has 80 valence electrons. The van der Waals surface area contributed by atoms with Crippen molar-refractivity contribution in [2.45, 2.75) is 0 Å². The lowest BCUT2D eigenvalue weighted by molar-refractivity contribution is -0.384. The van der Waals surface area contributed by atoms with Crippen LogP contribution in [-0.4, -0.2) is 11.5 Å². The monoisotopic (exact) mass is 334 g/mol. The number of nitrogens with one attached hydrogen (secondary N) is 1. The number of nitro groups is 1. The number of hydrogen-bond donors (Lipinski definition) is 1. The minimum Gasteiger partial charge on any atom is -0.375 e. The molecule has 1 aromatic rings. The Kier molecular flexibility index (Phi) is 4.28. The summed E-state index contributed by atoms with van der Waals surface area (Å²) >= 11 is 6.43. The quantitative estimate of drug-likeness (QED) is 0.674. The maximum Gasteiger partial charge on any atom is 0.292 e. The van der Waals surface area contributed by atoms with Gasteiger partial charge in [0.25, 0.3) is 5.69 Å². The van der Waals surface area contributed by atoms with Crippen molar-refractivity contribution >= 4 is 43.2 Å². The van der Waals surface area contributed by atoms with Gasteiger partial charge in [-0.3, -0.25) is 10.1 Å². The van der Waals surface area contributed by atoms with Crippen LogP contribution in [0.4, 0.5) is 11.4 Å². The van der Waals surface area contributed by atoms with Crippen LogP contribution >= 0.6 is 31.9 Å². The summed E-state index contributed by atoms with van der Waals surface area (Å²) in [5, 5.41) is 13.6. The summed E-state index contributed by atoms with van der Waals surface area (Å²) in [6, 6.07) is 4.74. The first-order chi connectivity index (χ1) is 7.00. The number of anilines is 1. The van der Waals surface area contributed by atoms with E-state index in [9.17, 15) is 10.1 Å². The SMILES string of the molecule is C=C(Br)CNc1cc(Br)ccc1[N+](=O)[O-]. The van der Waals surface area contributed by atoms with E-state index in [2.05, 4.69) is 43.8 Å². The smallest absolute Gasteiger partial charge is 0.292 e. The van der Waals surface area contributed by atoms with Crippen LogP contribution in [0.2, 0.25) is 0 Å². The second-order valence-electron chi connectivity index (χ2n) is 2.79. The molecular weight excluding hydrogens is 328 g/mol. The van der Waals surface area contributed by atoms with E-state index in [1.807, 2.05) is 0 Å². The molecule has 0 aliphatic rings. The highest BCUT2D eigenvalue weighted by Crippen LogP contribution is 2.28. The van der Waals surface area contributed by atoms with E-state index in [4.69, 9.17) is 0 Å². The van der Waals surface area contributed by atoms with Crippen molar-refractivity contribution in [1.82, 2.24) is 0 Å². The summed E-state index contributed by atoms with van der Waals surface area (Å²) < 4.78 is 1.52. The van der Waals surface area contributed by atoms with Crippen molar-refractivity contribution in [2.75, 3.05) is 11.9 Å². The minimum atomic E-state index is -0.425. The van der Waals surface area contributed by atoms with Gasteiger partial charge >= 0.3 is 0 Å². The third kappa shape index (κ3) is 3.64. The van der Waals surface area contributed by atoms with Crippen molar-refractivity contribution in [3.8, 4) is 0 Å². The Morgan fingerprint density at radius 1 is 1.60 bits per heavy atom. The molecule has 0 atom stereocenters. The number of hydrogen-bond acceptors (Lipinski definition) is 3. The highest BCUT2D eigenvalue weighted by Gasteiger charge is 2.12. The fraction of sp³-hybridized carbons (Fsp3) is 0.111. The Labute approximate surface area is 104 Å². The molecule has 0 aliphatic carbocycles. The van der Waals surface area contributed by atoms with Crippen LogP contribution < -0.4 is 5.32 Å². The number of nitro benzene ring substituents is 1. The van der Waals surface area contributed by atoms with Gasteiger partial charge < -0.3 is 5.32 Å². The standard InChI is InChI=1S/C9H8Br2N2O2/c1-6(10)5-12-8-4-7(11)2-3-9(8)13(14)15/h2-4,12H,1,5H2. The van der Waals surface area contributed by atoms with E-state index in [-0.39, 0.29) is 5.69 Å².